The van der Waals surface area contributed by atoms with Gasteiger partial charge in [-0.1, -0.05) is 43.1 Å². The SMILES string of the molecule is CCC(C=CC#CCC=CC=CCP(=O)(OC)OC)OP. The molecule has 0 aromatic rings. The molecule has 0 aliphatic rings. The largest absolute Gasteiger partial charge is 0.358 e. The average molecular weight is 330 g/mol. The highest BCUT2D eigenvalue weighted by molar-refractivity contribution is 7.54. The molecule has 6 heteroatoms. The van der Waals surface area contributed by atoms with Gasteiger partial charge in [-0.25, -0.2) is 0 Å². The number of hydrogen-bond donors (Lipinski definition) is 0. The molecule has 0 bridgehead atoms. The minimum Gasteiger partial charge on any atom is -0.358 e. The second-order valence-corrected chi connectivity index (χ2v) is 6.57. The molecule has 0 saturated heterocycles. The molecule has 21 heavy (non-hydrogen) atoms. The third-order valence-corrected chi connectivity index (χ3v) is 4.68. The van der Waals surface area contributed by atoms with Gasteiger partial charge in [0.15, 0.2) is 0 Å². The van der Waals surface area contributed by atoms with E-state index in [1.165, 1.54) is 14.2 Å². The highest BCUT2D eigenvalue weighted by Crippen LogP contribution is 2.46. The minimum absolute atomic E-state index is 0.0973. The highest BCUT2D eigenvalue weighted by atomic mass is 31.2. The molecule has 0 aliphatic heterocycles. The summed E-state index contributed by atoms with van der Waals surface area (Å²) < 4.78 is 26.4. The lowest BCUT2D eigenvalue weighted by Crippen LogP contribution is -1.99. The van der Waals surface area contributed by atoms with Crippen molar-refractivity contribution in [2.45, 2.75) is 25.9 Å². The molecular weight excluding hydrogens is 306 g/mol. The van der Waals surface area contributed by atoms with Gasteiger partial charge in [-0.15, -0.1) is 0 Å². The van der Waals surface area contributed by atoms with Crippen LogP contribution in [0.5, 0.6) is 0 Å². The fraction of sp³-hybridized carbons (Fsp3) is 0.467. The summed E-state index contributed by atoms with van der Waals surface area (Å²) in [5.41, 5.74) is 0. The fourth-order valence-corrected chi connectivity index (χ4v) is 2.36. The van der Waals surface area contributed by atoms with Gasteiger partial charge >= 0.3 is 7.60 Å². The maximum Gasteiger partial charge on any atom is 0.333 e. The van der Waals surface area contributed by atoms with Gasteiger partial charge in [-0.2, -0.15) is 0 Å². The zero-order valence-corrected chi connectivity index (χ0v) is 14.9. The Kier molecular flexibility index (Phi) is 12.6. The van der Waals surface area contributed by atoms with E-state index in [0.29, 0.717) is 6.42 Å². The van der Waals surface area contributed by atoms with Gasteiger partial charge in [0.1, 0.15) is 0 Å². The first-order chi connectivity index (χ1) is 10.1. The molecule has 118 valence electrons. The van der Waals surface area contributed by atoms with Crippen LogP contribution >= 0.6 is 17.1 Å². The van der Waals surface area contributed by atoms with Gasteiger partial charge in [0.05, 0.1) is 12.3 Å². The quantitative estimate of drug-likeness (QED) is 0.362. The van der Waals surface area contributed by atoms with Crippen molar-refractivity contribution in [1.29, 1.82) is 0 Å². The van der Waals surface area contributed by atoms with Crippen molar-refractivity contribution in [2.24, 2.45) is 0 Å². The summed E-state index contributed by atoms with van der Waals surface area (Å²) in [6, 6.07) is 0. The van der Waals surface area contributed by atoms with Crippen LogP contribution in [0.4, 0.5) is 0 Å². The molecule has 0 aromatic heterocycles. The molecule has 0 radical (unpaired) electrons. The Morgan fingerprint density at radius 2 is 1.90 bits per heavy atom. The molecule has 0 amide bonds. The van der Waals surface area contributed by atoms with Crippen LogP contribution in [0.25, 0.3) is 0 Å². The average Bonchev–Trinajstić information content (AvgIpc) is 2.52. The van der Waals surface area contributed by atoms with Crippen LogP contribution in [-0.4, -0.2) is 26.5 Å². The molecule has 0 spiro atoms. The molecule has 0 fully saturated rings. The Balaban J connectivity index is 4.01. The normalized spacial score (nSPS) is 13.9. The van der Waals surface area contributed by atoms with Gasteiger partial charge in [0.25, 0.3) is 0 Å². The Hall–Kier alpha value is -0.680. The zero-order chi connectivity index (χ0) is 16.0. The first-order valence-corrected chi connectivity index (χ1v) is 8.84. The van der Waals surface area contributed by atoms with Gasteiger partial charge < -0.3 is 13.6 Å². The van der Waals surface area contributed by atoms with E-state index in [2.05, 4.69) is 21.3 Å². The molecule has 0 aliphatic carbocycles. The smallest absolute Gasteiger partial charge is 0.333 e. The van der Waals surface area contributed by atoms with Crippen LogP contribution in [0.2, 0.25) is 0 Å². The summed E-state index contributed by atoms with van der Waals surface area (Å²) >= 11 is 0. The van der Waals surface area contributed by atoms with Crippen molar-refractivity contribution in [1.82, 2.24) is 0 Å². The van der Waals surface area contributed by atoms with Crippen LogP contribution in [0.15, 0.2) is 36.5 Å². The Bertz CT molecular complexity index is 446. The molecule has 0 saturated carbocycles. The molecule has 2 atom stereocenters. The molecule has 0 rings (SSSR count). The summed E-state index contributed by atoms with van der Waals surface area (Å²) in [6.07, 6.45) is 13.0. The third-order valence-electron chi connectivity index (χ3n) is 2.56. The van der Waals surface area contributed by atoms with Crippen LogP contribution < -0.4 is 0 Å². The van der Waals surface area contributed by atoms with E-state index in [-0.39, 0.29) is 12.3 Å². The van der Waals surface area contributed by atoms with E-state index < -0.39 is 7.60 Å². The van der Waals surface area contributed by atoms with Crippen LogP contribution in [0.1, 0.15) is 19.8 Å². The van der Waals surface area contributed by atoms with E-state index in [4.69, 9.17) is 13.6 Å². The molecule has 2 unspecified atom stereocenters. The molecule has 0 aromatic carbocycles. The summed E-state index contributed by atoms with van der Waals surface area (Å²) in [7, 11) is 2.07. The Morgan fingerprint density at radius 3 is 2.48 bits per heavy atom. The summed E-state index contributed by atoms with van der Waals surface area (Å²) in [4.78, 5) is 0. The molecule has 0 heterocycles. The highest BCUT2D eigenvalue weighted by Gasteiger charge is 2.17. The maximum atomic E-state index is 11.7. The fourth-order valence-electron chi connectivity index (χ4n) is 1.25. The summed E-state index contributed by atoms with van der Waals surface area (Å²) in [5, 5.41) is 0. The van der Waals surface area contributed by atoms with Crippen molar-refractivity contribution < 1.29 is 18.1 Å². The minimum atomic E-state index is -2.94. The van der Waals surface area contributed by atoms with Gasteiger partial charge in [0, 0.05) is 30.1 Å². The second-order valence-electron chi connectivity index (χ2n) is 3.98. The molecule has 4 nitrogen and oxygen atoms in total. The molecule has 0 N–H and O–H groups in total. The summed E-state index contributed by atoms with van der Waals surface area (Å²) in [6.45, 7) is 2.05. The first-order valence-electron chi connectivity index (χ1n) is 6.64. The maximum absolute atomic E-state index is 11.7. The van der Waals surface area contributed by atoms with Crippen molar-refractivity contribution in [3.05, 3.63) is 36.5 Å². The lowest BCUT2D eigenvalue weighted by atomic mass is 10.2. The Morgan fingerprint density at radius 1 is 1.24 bits per heavy atom. The van der Waals surface area contributed by atoms with Gasteiger partial charge in [-0.3, -0.25) is 4.57 Å². The van der Waals surface area contributed by atoms with E-state index in [0.717, 1.165) is 6.42 Å². The van der Waals surface area contributed by atoms with Crippen LogP contribution in [-0.2, 0) is 18.1 Å². The first kappa shape index (κ1) is 20.3. The second kappa shape index (κ2) is 13.0. The molecular formula is C15H24O4P2. The van der Waals surface area contributed by atoms with E-state index in [1.54, 1.807) is 18.2 Å². The van der Waals surface area contributed by atoms with Crippen molar-refractivity contribution >= 4 is 17.1 Å². The monoisotopic (exact) mass is 330 g/mol. The topological polar surface area (TPSA) is 44.8 Å². The van der Waals surface area contributed by atoms with E-state index in [9.17, 15) is 4.57 Å². The predicted molar refractivity (Wildman–Crippen MR) is 91.2 cm³/mol. The van der Waals surface area contributed by atoms with Gasteiger partial charge in [-0.05, 0) is 18.6 Å². The van der Waals surface area contributed by atoms with Crippen LogP contribution in [0, 0.1) is 11.8 Å². The number of allylic oxidation sites excluding steroid dienone is 5. The van der Waals surface area contributed by atoms with Crippen LogP contribution in [0.3, 0.4) is 0 Å². The van der Waals surface area contributed by atoms with E-state index >= 15 is 0 Å². The van der Waals surface area contributed by atoms with Gasteiger partial charge in [0.2, 0.25) is 0 Å². The summed E-state index contributed by atoms with van der Waals surface area (Å²) in [5.74, 6) is 5.93. The standard InChI is InChI=1S/C15H24O4P2/c1-4-15(19-20)13-11-9-7-5-6-8-10-12-14-21(16,17-2)18-3/h6,8,10-13,15H,4-5,14,20H2,1-3H3. The lowest BCUT2D eigenvalue weighted by Gasteiger charge is -2.09. The zero-order valence-electron chi connectivity index (χ0n) is 12.8. The van der Waals surface area contributed by atoms with Crippen molar-refractivity contribution in [3.8, 4) is 11.8 Å². The number of hydrogen-bond acceptors (Lipinski definition) is 4. The lowest BCUT2D eigenvalue weighted by molar-refractivity contribution is 0.279. The number of rotatable bonds is 9. The van der Waals surface area contributed by atoms with Crippen molar-refractivity contribution in [2.75, 3.05) is 20.4 Å². The van der Waals surface area contributed by atoms with Crippen molar-refractivity contribution in [3.63, 3.8) is 0 Å². The third kappa shape index (κ3) is 10.7. The Labute approximate surface area is 130 Å². The van der Waals surface area contributed by atoms with E-state index in [1.807, 2.05) is 25.2 Å². The predicted octanol–water partition coefficient (Wildman–Crippen LogP) is 4.12.